The molecule has 0 heterocycles. The van der Waals surface area contributed by atoms with Crippen molar-refractivity contribution >= 4 is 31.2 Å². The number of hydrogen-bond acceptors (Lipinski definition) is 6. The number of nitrogens with two attached hydrogens (primary N) is 1. The van der Waals surface area contributed by atoms with Crippen molar-refractivity contribution in [2.45, 2.75) is 34.6 Å². The number of phosphoric ester groups is 1. The molecule has 10 heteroatoms. The van der Waals surface area contributed by atoms with Gasteiger partial charge in [-0.3, -0.25) is 4.52 Å². The lowest BCUT2D eigenvalue weighted by Crippen LogP contribution is -2.44. The smallest absolute Gasteiger partial charge is 0.469 e. The number of phosphoric acid groups is 1. The van der Waals surface area contributed by atoms with E-state index in [-0.39, 0.29) is 12.4 Å². The predicted molar refractivity (Wildman–Crippen MR) is 116 cm³/mol. The Morgan fingerprint density at radius 2 is 2.07 bits per heavy atom. The van der Waals surface area contributed by atoms with Crippen molar-refractivity contribution in [3.05, 3.63) is 65.2 Å². The van der Waals surface area contributed by atoms with E-state index < -0.39 is 13.4 Å². The number of aromatic hydroxyl groups is 1. The summed E-state index contributed by atoms with van der Waals surface area (Å²) in [6.07, 6.45) is 2.73. The molecule has 2 rings (SSSR count). The lowest BCUT2D eigenvalue weighted by Gasteiger charge is -2.28. The number of aryl methyl sites for hydroxylation is 1. The third-order valence-electron chi connectivity index (χ3n) is 4.30. The van der Waals surface area contributed by atoms with Crippen LogP contribution in [0.5, 0.6) is 5.75 Å². The Labute approximate surface area is 184 Å². The van der Waals surface area contributed by atoms with E-state index in [4.69, 9.17) is 32.4 Å². The van der Waals surface area contributed by atoms with Crippen LogP contribution in [0.2, 0.25) is 5.02 Å². The molecule has 0 amide bonds. The first kappa shape index (κ1) is 24.4. The molecule has 0 spiro atoms. The van der Waals surface area contributed by atoms with Crippen LogP contribution in [-0.4, -0.2) is 27.0 Å². The van der Waals surface area contributed by atoms with Crippen molar-refractivity contribution in [3.8, 4) is 11.8 Å². The molecule has 0 aliphatic rings. The highest BCUT2D eigenvalue weighted by molar-refractivity contribution is 7.99. The molecule has 30 heavy (non-hydrogen) atoms. The summed E-state index contributed by atoms with van der Waals surface area (Å²) in [4.78, 5) is 19.2. The highest BCUT2D eigenvalue weighted by Crippen LogP contribution is 2.38. The maximum Gasteiger partial charge on any atom is 0.469 e. The molecule has 2 aromatic rings. The molecule has 0 bridgehead atoms. The van der Waals surface area contributed by atoms with Gasteiger partial charge < -0.3 is 20.6 Å². The summed E-state index contributed by atoms with van der Waals surface area (Å²) in [7, 11) is -4.62. The topological polar surface area (TPSA) is 137 Å². The van der Waals surface area contributed by atoms with Crippen LogP contribution in [0.4, 0.5) is 0 Å². The van der Waals surface area contributed by atoms with Gasteiger partial charge in [-0.15, -0.1) is 6.58 Å². The Morgan fingerprint density at radius 3 is 2.67 bits per heavy atom. The normalized spacial score (nSPS) is 13.4. The number of rotatable bonds is 10. The highest BCUT2D eigenvalue weighted by Gasteiger charge is 2.28. The molecule has 160 valence electrons. The lowest BCUT2D eigenvalue weighted by molar-refractivity contribution is 0.148. The Morgan fingerprint density at radius 1 is 1.33 bits per heavy atom. The van der Waals surface area contributed by atoms with Gasteiger partial charge in [0.15, 0.2) is 0 Å². The van der Waals surface area contributed by atoms with E-state index in [9.17, 15) is 9.67 Å². The first-order valence-corrected chi connectivity index (χ1v) is 11.6. The molecular weight excluding hydrogens is 447 g/mol. The maximum absolute atomic E-state index is 11.0. The largest absolute Gasteiger partial charge is 0.507 e. The number of nitriles is 1. The van der Waals surface area contributed by atoms with Gasteiger partial charge in [-0.05, 0) is 55.2 Å². The summed E-state index contributed by atoms with van der Waals surface area (Å²) in [6, 6.07) is 12.0. The second-order valence-corrected chi connectivity index (χ2v) is 9.53. The van der Waals surface area contributed by atoms with Crippen LogP contribution >= 0.6 is 31.2 Å². The van der Waals surface area contributed by atoms with Gasteiger partial charge in [-0.25, -0.2) is 4.57 Å². The standard InChI is InChI=1S/C20H22ClN2O5PS/c1-2-8-20(23,13-28-29(25,26)27)9-7-15-4-5-16(11-17(15)21)30-19-10-14(12-22)3-6-18(19)24/h2-6,10-11,24H,1,7-9,13,23H2,(H2,25,26,27)/t20-/m0/s1. The van der Waals surface area contributed by atoms with E-state index in [0.29, 0.717) is 34.7 Å². The molecule has 0 aromatic heterocycles. The van der Waals surface area contributed by atoms with Crippen molar-refractivity contribution in [1.82, 2.24) is 0 Å². The quantitative estimate of drug-likeness (QED) is 0.298. The molecule has 2 aromatic carbocycles. The summed E-state index contributed by atoms with van der Waals surface area (Å²) >= 11 is 7.68. The third kappa shape index (κ3) is 7.46. The highest BCUT2D eigenvalue weighted by atomic mass is 35.5. The monoisotopic (exact) mass is 468 g/mol. The van der Waals surface area contributed by atoms with Crippen LogP contribution in [0.25, 0.3) is 0 Å². The Bertz CT molecular complexity index is 1010. The van der Waals surface area contributed by atoms with E-state index >= 15 is 0 Å². The van der Waals surface area contributed by atoms with Crippen LogP contribution in [0, 0.1) is 11.3 Å². The molecule has 0 saturated heterocycles. The minimum absolute atomic E-state index is 0.0709. The van der Waals surface area contributed by atoms with Gasteiger partial charge in [0.1, 0.15) is 5.75 Å². The number of phenols is 1. The molecule has 0 saturated carbocycles. The van der Waals surface area contributed by atoms with Gasteiger partial charge in [0.25, 0.3) is 0 Å². The van der Waals surface area contributed by atoms with Crippen molar-refractivity contribution < 1.29 is 24.0 Å². The molecular formula is C20H22ClN2O5PS. The van der Waals surface area contributed by atoms with Crippen LogP contribution in [-0.2, 0) is 15.5 Å². The fourth-order valence-electron chi connectivity index (χ4n) is 2.70. The fraction of sp³-hybridized carbons (Fsp3) is 0.250. The lowest BCUT2D eigenvalue weighted by atomic mass is 9.90. The minimum atomic E-state index is -4.62. The van der Waals surface area contributed by atoms with Gasteiger partial charge in [0, 0.05) is 15.5 Å². The van der Waals surface area contributed by atoms with Crippen LogP contribution in [0.15, 0.2) is 58.8 Å². The van der Waals surface area contributed by atoms with Gasteiger partial charge in [-0.2, -0.15) is 5.26 Å². The van der Waals surface area contributed by atoms with E-state index in [1.807, 2.05) is 18.2 Å². The summed E-state index contributed by atoms with van der Waals surface area (Å²) in [6.45, 7) is 3.32. The third-order valence-corrected chi connectivity index (χ3v) is 6.16. The zero-order valence-electron chi connectivity index (χ0n) is 16.0. The Kier molecular flexibility index (Phi) is 8.53. The zero-order chi connectivity index (χ0) is 22.4. The molecule has 0 aliphatic carbocycles. The van der Waals surface area contributed by atoms with Crippen LogP contribution in [0.1, 0.15) is 24.0 Å². The van der Waals surface area contributed by atoms with E-state index in [0.717, 1.165) is 10.5 Å². The SMILES string of the molecule is C=CC[C@](N)(CCc1ccc(Sc2cc(C#N)ccc2O)cc1Cl)COP(=O)(O)O. The van der Waals surface area contributed by atoms with Crippen molar-refractivity contribution in [2.75, 3.05) is 6.61 Å². The van der Waals surface area contributed by atoms with E-state index in [2.05, 4.69) is 11.1 Å². The van der Waals surface area contributed by atoms with Crippen LogP contribution < -0.4 is 5.73 Å². The van der Waals surface area contributed by atoms with E-state index in [1.54, 1.807) is 18.2 Å². The molecule has 1 atom stereocenters. The molecule has 0 aliphatic heterocycles. The number of phenolic OH excluding ortho intramolecular Hbond substituents is 1. The van der Waals surface area contributed by atoms with Crippen molar-refractivity contribution in [1.29, 1.82) is 5.26 Å². The molecule has 0 unspecified atom stereocenters. The average Bonchev–Trinajstić information content (AvgIpc) is 2.67. The van der Waals surface area contributed by atoms with Gasteiger partial charge >= 0.3 is 7.82 Å². The second-order valence-electron chi connectivity index (χ2n) is 6.77. The molecule has 5 N–H and O–H groups in total. The Balaban J connectivity index is 2.10. The number of hydrogen-bond donors (Lipinski definition) is 4. The van der Waals surface area contributed by atoms with E-state index in [1.165, 1.54) is 23.9 Å². The molecule has 7 nitrogen and oxygen atoms in total. The van der Waals surface area contributed by atoms with Crippen LogP contribution in [0.3, 0.4) is 0 Å². The predicted octanol–water partition coefficient (Wildman–Crippen LogP) is 4.38. The summed E-state index contributed by atoms with van der Waals surface area (Å²) in [5, 5.41) is 19.5. The van der Waals surface area contributed by atoms with Gasteiger partial charge in [0.2, 0.25) is 0 Å². The van der Waals surface area contributed by atoms with Crippen molar-refractivity contribution in [2.24, 2.45) is 5.73 Å². The molecule has 0 fully saturated rings. The zero-order valence-corrected chi connectivity index (χ0v) is 18.5. The van der Waals surface area contributed by atoms with Gasteiger partial charge in [0.05, 0.1) is 23.1 Å². The first-order valence-electron chi connectivity index (χ1n) is 8.84. The Hall–Kier alpha value is -1.82. The molecule has 0 radical (unpaired) electrons. The number of nitrogens with zero attached hydrogens (tertiary/aromatic N) is 1. The second kappa shape index (κ2) is 10.5. The minimum Gasteiger partial charge on any atom is -0.507 e. The summed E-state index contributed by atoms with van der Waals surface area (Å²) in [5.41, 5.74) is 6.50. The number of halogens is 1. The average molecular weight is 469 g/mol. The fourth-order valence-corrected chi connectivity index (χ4v) is 4.39. The maximum atomic E-state index is 11.0. The van der Waals surface area contributed by atoms with Gasteiger partial charge in [-0.1, -0.05) is 35.5 Å². The number of benzene rings is 2. The first-order chi connectivity index (χ1) is 14.0. The van der Waals surface area contributed by atoms with Crippen molar-refractivity contribution in [3.63, 3.8) is 0 Å². The summed E-state index contributed by atoms with van der Waals surface area (Å²) in [5.74, 6) is 0.0709. The summed E-state index contributed by atoms with van der Waals surface area (Å²) < 4.78 is 15.6.